The number of carbonyl (C=O) groups excluding carboxylic acids is 1. The van der Waals surface area contributed by atoms with Gasteiger partial charge < -0.3 is 15.5 Å². The van der Waals surface area contributed by atoms with Crippen LogP contribution in [0.3, 0.4) is 0 Å². The van der Waals surface area contributed by atoms with E-state index in [9.17, 15) is 15.0 Å². The maximum atomic E-state index is 12.4. The molecule has 0 fully saturated rings. The number of hydrogen-bond donors (Lipinski definition) is 3. The number of carbonyl (C=O) groups is 1. The summed E-state index contributed by atoms with van der Waals surface area (Å²) in [6.45, 7) is 4.37. The fraction of sp³-hybridized carbons (Fsp3) is 0.941. The second-order valence-electron chi connectivity index (χ2n) is 17.6. The highest BCUT2D eigenvalue weighted by atomic mass is 16.3. The molecule has 0 spiro atoms. The quantitative estimate of drug-likeness (QED) is 0.0426. The zero-order chi connectivity index (χ0) is 40.0. The lowest BCUT2D eigenvalue weighted by molar-refractivity contribution is -0.123. The molecule has 0 aliphatic carbocycles. The van der Waals surface area contributed by atoms with E-state index in [-0.39, 0.29) is 12.5 Å². The van der Waals surface area contributed by atoms with Crippen molar-refractivity contribution in [3.05, 3.63) is 12.2 Å². The molecule has 0 radical (unpaired) electrons. The molecule has 4 nitrogen and oxygen atoms in total. The molecule has 3 N–H and O–H groups in total. The van der Waals surface area contributed by atoms with Gasteiger partial charge in [-0.25, -0.2) is 0 Å². The Morgan fingerprint density at radius 1 is 0.418 bits per heavy atom. The largest absolute Gasteiger partial charge is 0.394 e. The number of aliphatic hydroxyl groups is 2. The number of allylic oxidation sites excluding steroid dienone is 2. The summed E-state index contributed by atoms with van der Waals surface area (Å²) in [6, 6.07) is -0.530. The fourth-order valence-corrected chi connectivity index (χ4v) is 8.12. The van der Waals surface area contributed by atoms with Gasteiger partial charge in [0, 0.05) is 6.42 Å². The first-order chi connectivity index (χ1) is 27.2. The summed E-state index contributed by atoms with van der Waals surface area (Å²) in [7, 11) is 0. The van der Waals surface area contributed by atoms with E-state index < -0.39 is 12.1 Å². The number of unbranched alkanes of at least 4 members (excludes halogenated alkanes) is 38. The molecule has 0 heterocycles. The normalized spacial score (nSPS) is 12.9. The first kappa shape index (κ1) is 54.1. The molecular formula is C51H101NO3. The molecule has 4 heteroatoms. The van der Waals surface area contributed by atoms with Gasteiger partial charge in [-0.1, -0.05) is 257 Å². The van der Waals surface area contributed by atoms with Crippen LogP contribution in [0.5, 0.6) is 0 Å². The zero-order valence-corrected chi connectivity index (χ0v) is 37.7. The smallest absolute Gasteiger partial charge is 0.220 e. The minimum atomic E-state index is -0.653. The lowest BCUT2D eigenvalue weighted by Crippen LogP contribution is -2.45. The summed E-state index contributed by atoms with van der Waals surface area (Å²) < 4.78 is 0. The van der Waals surface area contributed by atoms with Crippen molar-refractivity contribution >= 4 is 5.91 Å². The van der Waals surface area contributed by atoms with Gasteiger partial charge in [0.25, 0.3) is 0 Å². The van der Waals surface area contributed by atoms with Crippen LogP contribution in [-0.2, 0) is 4.79 Å². The minimum Gasteiger partial charge on any atom is -0.394 e. The number of rotatable bonds is 47. The van der Waals surface area contributed by atoms with E-state index in [4.69, 9.17) is 0 Å². The van der Waals surface area contributed by atoms with Crippen LogP contribution in [0.1, 0.15) is 290 Å². The second-order valence-corrected chi connectivity index (χ2v) is 17.6. The molecule has 2 atom stereocenters. The summed E-state index contributed by atoms with van der Waals surface area (Å²) >= 11 is 0. The Bertz CT molecular complexity index is 754. The van der Waals surface area contributed by atoms with Crippen molar-refractivity contribution in [1.29, 1.82) is 0 Å². The van der Waals surface area contributed by atoms with Gasteiger partial charge in [-0.2, -0.15) is 0 Å². The summed E-state index contributed by atoms with van der Waals surface area (Å²) in [4.78, 5) is 12.4. The number of nitrogens with one attached hydrogen (secondary N) is 1. The molecule has 0 aromatic rings. The van der Waals surface area contributed by atoms with Crippen LogP contribution in [0, 0.1) is 0 Å². The molecule has 0 bridgehead atoms. The average molecular weight is 776 g/mol. The van der Waals surface area contributed by atoms with Crippen LogP contribution < -0.4 is 5.32 Å². The minimum absolute atomic E-state index is 0.0282. The third-order valence-corrected chi connectivity index (χ3v) is 12.0. The van der Waals surface area contributed by atoms with Crippen molar-refractivity contribution in [2.45, 2.75) is 302 Å². The molecule has 0 saturated heterocycles. The van der Waals surface area contributed by atoms with Crippen molar-refractivity contribution in [3.8, 4) is 0 Å². The lowest BCUT2D eigenvalue weighted by atomic mass is 10.0. The van der Waals surface area contributed by atoms with E-state index in [1.807, 2.05) is 0 Å². The Morgan fingerprint density at radius 2 is 0.691 bits per heavy atom. The Morgan fingerprint density at radius 3 is 1.00 bits per heavy atom. The van der Waals surface area contributed by atoms with E-state index in [0.717, 1.165) is 25.7 Å². The molecule has 1 amide bonds. The molecule has 55 heavy (non-hydrogen) atoms. The van der Waals surface area contributed by atoms with E-state index in [0.29, 0.717) is 12.8 Å². The molecule has 0 aromatic heterocycles. The SMILES string of the molecule is CCCCCCCCCCCCCC/C=C\CCCCCCCCCCCCCCCCCCCC(=O)NC(CO)C(O)CCCCCCCCCCCC. The van der Waals surface area contributed by atoms with Gasteiger partial charge in [0.05, 0.1) is 18.8 Å². The first-order valence-corrected chi connectivity index (χ1v) is 25.4. The third kappa shape index (κ3) is 44.1. The highest BCUT2D eigenvalue weighted by molar-refractivity contribution is 5.76. The van der Waals surface area contributed by atoms with Crippen molar-refractivity contribution in [3.63, 3.8) is 0 Å². The van der Waals surface area contributed by atoms with E-state index in [2.05, 4.69) is 31.3 Å². The first-order valence-electron chi connectivity index (χ1n) is 25.4. The maximum Gasteiger partial charge on any atom is 0.220 e. The lowest BCUT2D eigenvalue weighted by Gasteiger charge is -2.22. The van der Waals surface area contributed by atoms with Crippen LogP contribution in [-0.4, -0.2) is 34.9 Å². The van der Waals surface area contributed by atoms with E-state index in [1.54, 1.807) is 0 Å². The predicted octanol–water partition coefficient (Wildman–Crippen LogP) is 16.2. The Balaban J connectivity index is 3.36. The standard InChI is InChI=1S/C51H101NO3/c1-3-5-7-9-11-13-15-16-17-18-19-20-21-22-23-24-25-26-27-28-29-30-31-32-33-34-35-36-37-39-41-43-45-47-51(55)52-49(48-53)50(54)46-44-42-40-38-14-12-10-8-6-4-2/h22-23,49-50,53-54H,3-21,24-48H2,1-2H3,(H,52,55)/b23-22-. The van der Waals surface area contributed by atoms with Crippen molar-refractivity contribution < 1.29 is 15.0 Å². The molecular weight excluding hydrogens is 675 g/mol. The van der Waals surface area contributed by atoms with Crippen molar-refractivity contribution in [2.75, 3.05) is 6.61 Å². The molecule has 0 aromatic carbocycles. The Labute approximate surface area is 346 Å². The van der Waals surface area contributed by atoms with Crippen molar-refractivity contribution in [2.24, 2.45) is 0 Å². The molecule has 0 aliphatic heterocycles. The Hall–Kier alpha value is -0.870. The maximum absolute atomic E-state index is 12.4. The van der Waals surface area contributed by atoms with Crippen LogP contribution in [0.4, 0.5) is 0 Å². The summed E-state index contributed by atoms with van der Waals surface area (Å²) in [5.41, 5.74) is 0. The molecule has 2 unspecified atom stereocenters. The van der Waals surface area contributed by atoms with E-state index >= 15 is 0 Å². The Kier molecular flexibility index (Phi) is 46.8. The van der Waals surface area contributed by atoms with Gasteiger partial charge >= 0.3 is 0 Å². The second kappa shape index (κ2) is 47.5. The monoisotopic (exact) mass is 776 g/mol. The predicted molar refractivity (Wildman–Crippen MR) is 244 cm³/mol. The molecule has 328 valence electrons. The summed E-state index contributed by atoms with van der Waals surface area (Å²) in [5.74, 6) is -0.0282. The summed E-state index contributed by atoms with van der Waals surface area (Å²) in [6.07, 6.45) is 60.5. The molecule has 0 aliphatic rings. The van der Waals surface area contributed by atoms with Gasteiger partial charge in [-0.05, 0) is 38.5 Å². The van der Waals surface area contributed by atoms with Gasteiger partial charge in [-0.15, -0.1) is 0 Å². The van der Waals surface area contributed by atoms with Crippen LogP contribution in [0.15, 0.2) is 12.2 Å². The van der Waals surface area contributed by atoms with E-state index in [1.165, 1.54) is 238 Å². The molecule has 0 rings (SSSR count). The van der Waals surface area contributed by atoms with Gasteiger partial charge in [-0.3, -0.25) is 4.79 Å². The van der Waals surface area contributed by atoms with Crippen LogP contribution in [0.2, 0.25) is 0 Å². The van der Waals surface area contributed by atoms with Crippen molar-refractivity contribution in [1.82, 2.24) is 5.32 Å². The third-order valence-electron chi connectivity index (χ3n) is 12.0. The number of amides is 1. The summed E-state index contributed by atoms with van der Waals surface area (Å²) in [5, 5.41) is 23.1. The van der Waals surface area contributed by atoms with Gasteiger partial charge in [0.2, 0.25) is 5.91 Å². The molecule has 0 saturated carbocycles. The number of hydrogen-bond acceptors (Lipinski definition) is 3. The van der Waals surface area contributed by atoms with Gasteiger partial charge in [0.1, 0.15) is 0 Å². The van der Waals surface area contributed by atoms with Crippen LogP contribution in [0.25, 0.3) is 0 Å². The topological polar surface area (TPSA) is 69.6 Å². The fourth-order valence-electron chi connectivity index (χ4n) is 8.12. The van der Waals surface area contributed by atoms with Gasteiger partial charge in [0.15, 0.2) is 0 Å². The highest BCUT2D eigenvalue weighted by Gasteiger charge is 2.20. The number of aliphatic hydroxyl groups excluding tert-OH is 2. The van der Waals surface area contributed by atoms with Crippen LogP contribution >= 0.6 is 0 Å². The zero-order valence-electron chi connectivity index (χ0n) is 37.7. The average Bonchev–Trinajstić information content (AvgIpc) is 3.19. The highest BCUT2D eigenvalue weighted by Crippen LogP contribution is 2.17.